The molecule has 0 aliphatic rings. The van der Waals surface area contributed by atoms with Crippen molar-refractivity contribution in [1.82, 2.24) is 0 Å². The van der Waals surface area contributed by atoms with Gasteiger partial charge in [0.25, 0.3) is 0 Å². The number of hydrogen-bond acceptors (Lipinski definition) is 4. The summed E-state index contributed by atoms with van der Waals surface area (Å²) in [5.41, 5.74) is 1.74. The molecule has 0 saturated heterocycles. The summed E-state index contributed by atoms with van der Waals surface area (Å²) in [6.07, 6.45) is 1.46. The fraction of sp³-hybridized carbons (Fsp3) is 0.0952. The Kier molecular flexibility index (Phi) is 6.40. The van der Waals surface area contributed by atoms with E-state index in [0.29, 0.717) is 15.6 Å². The molecule has 0 fully saturated rings. The highest BCUT2D eigenvalue weighted by Crippen LogP contribution is 2.26. The second-order valence-corrected chi connectivity index (χ2v) is 9.98. The molecule has 0 radical (unpaired) electrons. The van der Waals surface area contributed by atoms with Crippen LogP contribution in [0.15, 0.2) is 64.9 Å². The molecule has 0 N–H and O–H groups in total. The molecule has 3 rings (SSSR count). The van der Waals surface area contributed by atoms with Crippen LogP contribution in [0, 0.1) is 6.92 Å². The number of benzene rings is 2. The lowest BCUT2D eigenvalue weighted by molar-refractivity contribution is 0.104. The maximum absolute atomic E-state index is 13.2. The first-order chi connectivity index (χ1) is 13.3. The third-order valence-electron chi connectivity index (χ3n) is 4.10. The predicted molar refractivity (Wildman–Crippen MR) is 117 cm³/mol. The minimum Gasteiger partial charge on any atom is -0.288 e. The number of aryl methyl sites for hydroxylation is 1. The van der Waals surface area contributed by atoms with Crippen molar-refractivity contribution in [3.63, 3.8) is 0 Å². The summed E-state index contributed by atoms with van der Waals surface area (Å²) in [7, 11) is -3.90. The molecule has 0 atom stereocenters. The minimum absolute atomic E-state index is 0.240. The maximum atomic E-state index is 13.2. The van der Waals surface area contributed by atoms with Gasteiger partial charge in [-0.05, 0) is 72.0 Å². The topological polar surface area (TPSA) is 51.2 Å². The summed E-state index contributed by atoms with van der Waals surface area (Å²) in [5, 5.41) is 2.85. The molecule has 0 unspecified atom stereocenters. The Balaban J connectivity index is 2.06. The second kappa shape index (κ2) is 8.62. The smallest absolute Gasteiger partial charge is 0.204 e. The normalized spacial score (nSPS) is 12.2. The van der Waals surface area contributed by atoms with Gasteiger partial charge >= 0.3 is 0 Å². The van der Waals surface area contributed by atoms with Gasteiger partial charge in [0.15, 0.2) is 9.84 Å². The molecule has 3 nitrogen and oxygen atoms in total. The average Bonchev–Trinajstić information content (AvgIpc) is 3.06. The lowest BCUT2D eigenvalue weighted by Gasteiger charge is -2.10. The van der Waals surface area contributed by atoms with E-state index in [-0.39, 0.29) is 16.2 Å². The summed E-state index contributed by atoms with van der Waals surface area (Å²) < 4.78 is 26.3. The number of allylic oxidation sites excluding steroid dienone is 1. The molecule has 0 spiro atoms. The first-order valence-corrected chi connectivity index (χ1v) is 11.6. The SMILES string of the molecule is Cc1ccsc1/C=C(/C(=O)c1ccc(Cl)cc1)S(=O)(=O)Cc1ccc(Cl)cc1. The van der Waals surface area contributed by atoms with Crippen molar-refractivity contribution in [2.75, 3.05) is 0 Å². The second-order valence-electron chi connectivity index (χ2n) is 6.20. The van der Waals surface area contributed by atoms with Gasteiger partial charge in [0.1, 0.15) is 4.91 Å². The fourth-order valence-electron chi connectivity index (χ4n) is 2.57. The van der Waals surface area contributed by atoms with Crippen LogP contribution in [0.2, 0.25) is 10.0 Å². The van der Waals surface area contributed by atoms with Crippen molar-refractivity contribution in [3.05, 3.63) is 96.5 Å². The zero-order chi connectivity index (χ0) is 20.3. The Morgan fingerprint density at radius 2 is 1.54 bits per heavy atom. The van der Waals surface area contributed by atoms with Crippen molar-refractivity contribution in [2.24, 2.45) is 0 Å². The molecule has 0 aliphatic heterocycles. The van der Waals surface area contributed by atoms with Gasteiger partial charge in [0.2, 0.25) is 5.78 Å². The van der Waals surface area contributed by atoms with E-state index in [1.165, 1.54) is 29.5 Å². The van der Waals surface area contributed by atoms with E-state index in [1.54, 1.807) is 36.4 Å². The standard InChI is InChI=1S/C21H16Cl2O3S2/c1-14-10-11-27-19(14)12-20(21(24)16-4-8-18(23)9-5-16)28(25,26)13-15-2-6-17(22)7-3-15/h2-12H,13H2,1H3/b20-12-. The van der Waals surface area contributed by atoms with E-state index in [0.717, 1.165) is 10.4 Å². The number of rotatable bonds is 6. The van der Waals surface area contributed by atoms with Crippen LogP contribution in [0.1, 0.15) is 26.4 Å². The number of carbonyl (C=O) groups excluding carboxylic acids is 1. The molecule has 0 saturated carbocycles. The molecular formula is C21H16Cl2O3S2. The Labute approximate surface area is 178 Å². The highest BCUT2D eigenvalue weighted by Gasteiger charge is 2.27. The molecule has 0 amide bonds. The van der Waals surface area contributed by atoms with Crippen LogP contribution < -0.4 is 0 Å². The Hall–Kier alpha value is -1.92. The average molecular weight is 451 g/mol. The van der Waals surface area contributed by atoms with E-state index < -0.39 is 15.6 Å². The van der Waals surface area contributed by atoms with Crippen molar-refractivity contribution < 1.29 is 13.2 Å². The highest BCUT2D eigenvalue weighted by molar-refractivity contribution is 7.95. The van der Waals surface area contributed by atoms with Gasteiger partial charge in [0.05, 0.1) is 5.75 Å². The fourth-order valence-corrected chi connectivity index (χ4v) is 5.24. The van der Waals surface area contributed by atoms with Gasteiger partial charge in [-0.1, -0.05) is 35.3 Å². The van der Waals surface area contributed by atoms with Gasteiger partial charge in [0, 0.05) is 20.5 Å². The van der Waals surface area contributed by atoms with Crippen molar-refractivity contribution in [3.8, 4) is 0 Å². The Morgan fingerprint density at radius 1 is 0.964 bits per heavy atom. The van der Waals surface area contributed by atoms with E-state index >= 15 is 0 Å². The largest absolute Gasteiger partial charge is 0.288 e. The summed E-state index contributed by atoms with van der Waals surface area (Å²) in [4.78, 5) is 13.6. The summed E-state index contributed by atoms with van der Waals surface area (Å²) >= 11 is 13.2. The number of hydrogen-bond donors (Lipinski definition) is 0. The molecule has 3 aromatic rings. The molecule has 1 aromatic heterocycles. The van der Waals surface area contributed by atoms with Gasteiger partial charge < -0.3 is 0 Å². The molecule has 0 aliphatic carbocycles. The van der Waals surface area contributed by atoms with Gasteiger partial charge in [-0.2, -0.15) is 0 Å². The monoisotopic (exact) mass is 450 g/mol. The van der Waals surface area contributed by atoms with E-state index in [4.69, 9.17) is 23.2 Å². The van der Waals surface area contributed by atoms with Gasteiger partial charge in [-0.25, -0.2) is 8.42 Å². The Morgan fingerprint density at radius 3 is 2.07 bits per heavy atom. The minimum atomic E-state index is -3.90. The van der Waals surface area contributed by atoms with Gasteiger partial charge in [-0.15, -0.1) is 11.3 Å². The summed E-state index contributed by atoms with van der Waals surface area (Å²) in [6.45, 7) is 1.87. The van der Waals surface area contributed by atoms with Crippen molar-refractivity contribution >= 4 is 56.2 Å². The van der Waals surface area contributed by atoms with Crippen LogP contribution in [-0.2, 0) is 15.6 Å². The van der Waals surface area contributed by atoms with Crippen LogP contribution >= 0.6 is 34.5 Å². The van der Waals surface area contributed by atoms with Gasteiger partial charge in [-0.3, -0.25) is 4.79 Å². The molecule has 2 aromatic carbocycles. The zero-order valence-electron chi connectivity index (χ0n) is 14.9. The van der Waals surface area contributed by atoms with Crippen LogP contribution in [0.25, 0.3) is 6.08 Å². The number of carbonyl (C=O) groups is 1. The first-order valence-electron chi connectivity index (χ1n) is 8.29. The number of sulfone groups is 1. The molecule has 0 bridgehead atoms. The quantitative estimate of drug-likeness (QED) is 0.331. The Bertz CT molecular complexity index is 1130. The van der Waals surface area contributed by atoms with Crippen molar-refractivity contribution in [1.29, 1.82) is 0 Å². The summed E-state index contributed by atoms with van der Waals surface area (Å²) in [5.74, 6) is -0.849. The molecular weight excluding hydrogens is 435 g/mol. The molecule has 144 valence electrons. The van der Waals surface area contributed by atoms with Crippen molar-refractivity contribution in [2.45, 2.75) is 12.7 Å². The zero-order valence-corrected chi connectivity index (χ0v) is 18.0. The number of Topliss-reactive ketones (excluding diaryl/α,β-unsaturated/α-hetero) is 1. The summed E-state index contributed by atoms with van der Waals surface area (Å²) in [6, 6.07) is 14.6. The van der Waals surface area contributed by atoms with Crippen LogP contribution in [-0.4, -0.2) is 14.2 Å². The molecule has 28 heavy (non-hydrogen) atoms. The predicted octanol–water partition coefficient (Wildman–Crippen LogP) is 6.20. The van der Waals surface area contributed by atoms with Crippen LogP contribution in [0.5, 0.6) is 0 Å². The van der Waals surface area contributed by atoms with E-state index in [9.17, 15) is 13.2 Å². The third-order valence-corrected chi connectivity index (χ3v) is 7.26. The lowest BCUT2D eigenvalue weighted by atomic mass is 10.1. The number of halogens is 2. The van der Waals surface area contributed by atoms with E-state index in [1.807, 2.05) is 18.4 Å². The first kappa shape index (κ1) is 20.8. The van der Waals surface area contributed by atoms with E-state index in [2.05, 4.69) is 0 Å². The molecule has 1 heterocycles. The maximum Gasteiger partial charge on any atom is 0.204 e. The van der Waals surface area contributed by atoms with Crippen LogP contribution in [0.3, 0.4) is 0 Å². The highest BCUT2D eigenvalue weighted by atomic mass is 35.5. The lowest BCUT2D eigenvalue weighted by Crippen LogP contribution is -2.16. The third kappa shape index (κ3) is 4.92. The number of ketones is 1. The van der Waals surface area contributed by atoms with Crippen LogP contribution in [0.4, 0.5) is 0 Å². The molecule has 7 heteroatoms. The number of thiophene rings is 1.